The van der Waals surface area contributed by atoms with E-state index in [1.54, 1.807) is 0 Å². The molecule has 1 saturated heterocycles. The van der Waals surface area contributed by atoms with Crippen molar-refractivity contribution in [3.63, 3.8) is 0 Å². The zero-order chi connectivity index (χ0) is 12.8. The first-order valence-electron chi connectivity index (χ1n) is 7.07. The average molecular weight is 247 g/mol. The Balaban J connectivity index is 1.95. The molecule has 18 heavy (non-hydrogen) atoms. The molecule has 1 fully saturated rings. The number of rotatable bonds is 5. The summed E-state index contributed by atoms with van der Waals surface area (Å²) < 4.78 is 0. The fourth-order valence-electron chi connectivity index (χ4n) is 2.62. The first-order chi connectivity index (χ1) is 8.81. The molecule has 1 heterocycles. The quantitative estimate of drug-likeness (QED) is 0.837. The predicted octanol–water partition coefficient (Wildman–Crippen LogP) is 2.11. The Morgan fingerprint density at radius 1 is 1.17 bits per heavy atom. The molecule has 2 atom stereocenters. The number of nitrogens with zero attached hydrogens (tertiary/aromatic N) is 1. The van der Waals surface area contributed by atoms with Crippen molar-refractivity contribution in [2.75, 3.05) is 19.6 Å². The van der Waals surface area contributed by atoms with Crippen molar-refractivity contribution in [1.82, 2.24) is 10.4 Å². The van der Waals surface area contributed by atoms with E-state index < -0.39 is 0 Å². The van der Waals surface area contributed by atoms with E-state index in [4.69, 9.17) is 5.73 Å². The van der Waals surface area contributed by atoms with Crippen molar-refractivity contribution in [3.05, 3.63) is 35.9 Å². The Morgan fingerprint density at radius 2 is 1.83 bits per heavy atom. The highest BCUT2D eigenvalue weighted by atomic mass is 15.5. The minimum absolute atomic E-state index is 0.325. The summed E-state index contributed by atoms with van der Waals surface area (Å²) in [6.45, 7) is 5.23. The largest absolute Gasteiger partial charge is 0.329 e. The SMILES string of the molecule is CC(c1ccccc1)C(CN)NN1CCCCC1. The molecule has 0 aromatic heterocycles. The van der Waals surface area contributed by atoms with Crippen molar-refractivity contribution < 1.29 is 0 Å². The van der Waals surface area contributed by atoms with Gasteiger partial charge < -0.3 is 5.73 Å². The molecule has 2 unspecified atom stereocenters. The van der Waals surface area contributed by atoms with Crippen LogP contribution >= 0.6 is 0 Å². The highest BCUT2D eigenvalue weighted by molar-refractivity contribution is 5.20. The maximum Gasteiger partial charge on any atom is 0.0403 e. The highest BCUT2D eigenvalue weighted by Crippen LogP contribution is 2.19. The monoisotopic (exact) mass is 247 g/mol. The van der Waals surface area contributed by atoms with Crippen LogP contribution in [0.5, 0.6) is 0 Å². The van der Waals surface area contributed by atoms with E-state index in [-0.39, 0.29) is 0 Å². The van der Waals surface area contributed by atoms with Crippen LogP contribution in [-0.2, 0) is 0 Å². The predicted molar refractivity (Wildman–Crippen MR) is 76.3 cm³/mol. The summed E-state index contributed by atoms with van der Waals surface area (Å²) in [6, 6.07) is 11.0. The van der Waals surface area contributed by atoms with Crippen molar-refractivity contribution in [3.8, 4) is 0 Å². The third-order valence-corrected chi connectivity index (χ3v) is 3.89. The molecule has 3 N–H and O–H groups in total. The van der Waals surface area contributed by atoms with E-state index >= 15 is 0 Å². The zero-order valence-corrected chi connectivity index (χ0v) is 11.3. The van der Waals surface area contributed by atoms with Crippen LogP contribution in [0.1, 0.15) is 37.7 Å². The standard InChI is InChI=1S/C15H25N3/c1-13(14-8-4-2-5-9-14)15(12-16)17-18-10-6-3-7-11-18/h2,4-5,8-9,13,15,17H,3,6-7,10-12,16H2,1H3. The van der Waals surface area contributed by atoms with Gasteiger partial charge in [0.1, 0.15) is 0 Å². The minimum atomic E-state index is 0.325. The van der Waals surface area contributed by atoms with Gasteiger partial charge in [-0.05, 0) is 24.3 Å². The van der Waals surface area contributed by atoms with Crippen LogP contribution < -0.4 is 11.2 Å². The molecule has 3 nitrogen and oxygen atoms in total. The topological polar surface area (TPSA) is 41.3 Å². The molecule has 1 aliphatic heterocycles. The molecule has 0 amide bonds. The average Bonchev–Trinajstić information content (AvgIpc) is 2.46. The molecule has 1 aromatic carbocycles. The van der Waals surface area contributed by atoms with Gasteiger partial charge in [0, 0.05) is 25.7 Å². The molecule has 0 radical (unpaired) electrons. The fourth-order valence-corrected chi connectivity index (χ4v) is 2.62. The summed E-state index contributed by atoms with van der Waals surface area (Å²) in [5.74, 6) is 0.443. The number of hydrogen-bond acceptors (Lipinski definition) is 3. The van der Waals surface area contributed by atoms with E-state index in [2.05, 4.69) is 47.7 Å². The lowest BCUT2D eigenvalue weighted by atomic mass is 9.94. The Morgan fingerprint density at radius 3 is 2.44 bits per heavy atom. The van der Waals surface area contributed by atoms with Crippen LogP contribution in [0.25, 0.3) is 0 Å². The van der Waals surface area contributed by atoms with E-state index in [0.717, 1.165) is 13.1 Å². The second-order valence-corrected chi connectivity index (χ2v) is 5.22. The summed E-state index contributed by atoms with van der Waals surface area (Å²) >= 11 is 0. The van der Waals surface area contributed by atoms with E-state index in [0.29, 0.717) is 18.5 Å². The third kappa shape index (κ3) is 3.55. The second kappa shape index (κ2) is 6.88. The fraction of sp³-hybridized carbons (Fsp3) is 0.600. The first-order valence-corrected chi connectivity index (χ1v) is 7.07. The Labute approximate surface area is 110 Å². The van der Waals surface area contributed by atoms with Crippen LogP contribution in [0, 0.1) is 0 Å². The van der Waals surface area contributed by atoms with Crippen LogP contribution in [0.2, 0.25) is 0 Å². The highest BCUT2D eigenvalue weighted by Gasteiger charge is 2.20. The number of nitrogens with one attached hydrogen (secondary N) is 1. The lowest BCUT2D eigenvalue weighted by molar-refractivity contribution is 0.123. The lowest BCUT2D eigenvalue weighted by Crippen LogP contribution is -2.51. The molecule has 0 bridgehead atoms. The molecule has 3 heteroatoms. The van der Waals surface area contributed by atoms with Crippen molar-refractivity contribution in [1.29, 1.82) is 0 Å². The summed E-state index contributed by atoms with van der Waals surface area (Å²) in [7, 11) is 0. The molecule has 2 rings (SSSR count). The van der Waals surface area contributed by atoms with Crippen LogP contribution in [0.15, 0.2) is 30.3 Å². The second-order valence-electron chi connectivity index (χ2n) is 5.22. The van der Waals surface area contributed by atoms with Gasteiger partial charge in [0.05, 0.1) is 0 Å². The van der Waals surface area contributed by atoms with Gasteiger partial charge in [-0.2, -0.15) is 0 Å². The number of nitrogens with two attached hydrogens (primary N) is 1. The molecule has 0 saturated carbocycles. The van der Waals surface area contributed by atoms with Crippen LogP contribution in [0.3, 0.4) is 0 Å². The third-order valence-electron chi connectivity index (χ3n) is 3.89. The summed E-state index contributed by atoms with van der Waals surface area (Å²) in [4.78, 5) is 0. The van der Waals surface area contributed by atoms with Gasteiger partial charge >= 0.3 is 0 Å². The number of hydrogen-bond donors (Lipinski definition) is 2. The van der Waals surface area contributed by atoms with Gasteiger partial charge in [0.15, 0.2) is 0 Å². The lowest BCUT2D eigenvalue weighted by Gasteiger charge is -2.34. The first kappa shape index (κ1) is 13.5. The van der Waals surface area contributed by atoms with Gasteiger partial charge in [-0.15, -0.1) is 0 Å². The summed E-state index contributed by atoms with van der Waals surface area (Å²) in [6.07, 6.45) is 3.95. The minimum Gasteiger partial charge on any atom is -0.329 e. The summed E-state index contributed by atoms with van der Waals surface area (Å²) in [5, 5.41) is 2.35. The van der Waals surface area contributed by atoms with Crippen molar-refractivity contribution in [2.45, 2.75) is 38.1 Å². The van der Waals surface area contributed by atoms with E-state index in [9.17, 15) is 0 Å². The van der Waals surface area contributed by atoms with Crippen molar-refractivity contribution in [2.24, 2.45) is 5.73 Å². The number of hydrazine groups is 1. The summed E-state index contributed by atoms with van der Waals surface area (Å²) in [5.41, 5.74) is 10.9. The van der Waals surface area contributed by atoms with Gasteiger partial charge in [0.2, 0.25) is 0 Å². The van der Waals surface area contributed by atoms with E-state index in [1.807, 2.05) is 0 Å². The molecule has 0 spiro atoms. The van der Waals surface area contributed by atoms with Gasteiger partial charge in [0.25, 0.3) is 0 Å². The molecular formula is C15H25N3. The number of piperidine rings is 1. The van der Waals surface area contributed by atoms with Crippen LogP contribution in [-0.4, -0.2) is 30.7 Å². The smallest absolute Gasteiger partial charge is 0.0403 e. The molecule has 1 aromatic rings. The van der Waals surface area contributed by atoms with E-state index in [1.165, 1.54) is 24.8 Å². The van der Waals surface area contributed by atoms with Crippen molar-refractivity contribution >= 4 is 0 Å². The number of benzene rings is 1. The zero-order valence-electron chi connectivity index (χ0n) is 11.3. The van der Waals surface area contributed by atoms with Gasteiger partial charge in [-0.1, -0.05) is 43.7 Å². The maximum atomic E-state index is 5.94. The Hall–Kier alpha value is -0.900. The Kier molecular flexibility index (Phi) is 5.17. The molecule has 1 aliphatic rings. The van der Waals surface area contributed by atoms with Gasteiger partial charge in [-0.25, -0.2) is 5.01 Å². The van der Waals surface area contributed by atoms with Gasteiger partial charge in [-0.3, -0.25) is 5.43 Å². The molecule has 100 valence electrons. The normalized spacial score (nSPS) is 20.6. The van der Waals surface area contributed by atoms with Crippen LogP contribution in [0.4, 0.5) is 0 Å². The molecular weight excluding hydrogens is 222 g/mol. The maximum absolute atomic E-state index is 5.94. The molecule has 0 aliphatic carbocycles. The Bertz CT molecular complexity index is 333.